The zero-order valence-electron chi connectivity index (χ0n) is 21.1. The Morgan fingerprint density at radius 3 is 2.52 bits per heavy atom. The largest absolute Gasteiger partial charge is 0.402 e. The summed E-state index contributed by atoms with van der Waals surface area (Å²) in [5, 5.41) is 0. The quantitative estimate of drug-likeness (QED) is 0.550. The van der Waals surface area contributed by atoms with E-state index in [-0.39, 0.29) is 5.41 Å². The highest BCUT2D eigenvalue weighted by Crippen LogP contribution is 2.36. The monoisotopic (exact) mass is 446 g/mol. The zero-order chi connectivity index (χ0) is 23.8. The Bertz CT molecular complexity index is 1070. The van der Waals surface area contributed by atoms with Crippen LogP contribution in [-0.2, 0) is 13.0 Å². The van der Waals surface area contributed by atoms with Crippen molar-refractivity contribution < 1.29 is 0 Å². The Morgan fingerprint density at radius 1 is 1.15 bits per heavy atom. The molecule has 3 heterocycles. The molecule has 6 nitrogen and oxygen atoms in total. The van der Waals surface area contributed by atoms with Crippen LogP contribution in [0, 0.1) is 19.3 Å². The number of fused-ring (bicyclic) bond motifs is 1. The number of nitrogens with two attached hydrogens (primary N) is 1. The molecule has 6 heteroatoms. The lowest BCUT2D eigenvalue weighted by molar-refractivity contribution is 0.290. The third-order valence-electron chi connectivity index (χ3n) is 6.85. The molecule has 1 aromatic carbocycles. The average Bonchev–Trinajstić information content (AvgIpc) is 2.75. The molecule has 2 aliphatic heterocycles. The van der Waals surface area contributed by atoms with Gasteiger partial charge in [-0.2, -0.15) is 0 Å². The van der Waals surface area contributed by atoms with Gasteiger partial charge < -0.3 is 15.5 Å². The topological polar surface area (TPSA) is 70.6 Å². The number of benzene rings is 1. The lowest BCUT2D eigenvalue weighted by Crippen LogP contribution is -2.43. The Morgan fingerprint density at radius 2 is 1.88 bits per heavy atom. The first-order valence-electron chi connectivity index (χ1n) is 12.1. The summed E-state index contributed by atoms with van der Waals surface area (Å²) in [5.41, 5.74) is 13.0. The summed E-state index contributed by atoms with van der Waals surface area (Å²) >= 11 is 0. The number of allylic oxidation sites excluding steroid dienone is 1. The van der Waals surface area contributed by atoms with Crippen LogP contribution in [0.2, 0.25) is 0 Å². The van der Waals surface area contributed by atoms with Crippen LogP contribution in [-0.4, -0.2) is 47.4 Å². The van der Waals surface area contributed by atoms with Crippen molar-refractivity contribution in [3.05, 3.63) is 52.4 Å². The predicted octanol–water partition coefficient (Wildman–Crippen LogP) is 4.64. The molecule has 1 aromatic heterocycles. The second kappa shape index (κ2) is 9.16. The summed E-state index contributed by atoms with van der Waals surface area (Å²) in [4.78, 5) is 19.7. The molecule has 0 bridgehead atoms. The minimum Gasteiger partial charge on any atom is -0.402 e. The number of aryl methyl sites for hydroxylation is 2. The van der Waals surface area contributed by atoms with Crippen LogP contribution in [0.25, 0.3) is 11.4 Å². The molecule has 176 valence electrons. The summed E-state index contributed by atoms with van der Waals surface area (Å²) in [5.74, 6) is 2.88. The summed E-state index contributed by atoms with van der Waals surface area (Å²) in [6, 6.07) is 6.42. The Labute approximate surface area is 198 Å². The number of aromatic nitrogens is 2. The van der Waals surface area contributed by atoms with E-state index < -0.39 is 0 Å². The normalized spacial score (nSPS) is 19.0. The van der Waals surface area contributed by atoms with Gasteiger partial charge in [0, 0.05) is 56.5 Å². The first-order chi connectivity index (χ1) is 15.7. The number of anilines is 1. The Balaban J connectivity index is 1.83. The van der Waals surface area contributed by atoms with E-state index in [1.54, 1.807) is 0 Å². The first-order valence-corrected chi connectivity index (χ1v) is 12.1. The van der Waals surface area contributed by atoms with Crippen LogP contribution in [0.5, 0.6) is 0 Å². The Hall–Kier alpha value is -2.89. The van der Waals surface area contributed by atoms with Gasteiger partial charge in [0.15, 0.2) is 5.82 Å². The van der Waals surface area contributed by atoms with Gasteiger partial charge in [0.2, 0.25) is 0 Å². The molecular formula is C27H38N6. The van der Waals surface area contributed by atoms with Gasteiger partial charge in [-0.3, -0.25) is 4.99 Å². The molecule has 1 saturated heterocycles. The van der Waals surface area contributed by atoms with Crippen molar-refractivity contribution in [2.75, 3.05) is 31.6 Å². The van der Waals surface area contributed by atoms with Crippen LogP contribution in [0.4, 0.5) is 5.82 Å². The fourth-order valence-electron chi connectivity index (χ4n) is 5.24. The molecule has 2 aromatic rings. The van der Waals surface area contributed by atoms with Crippen molar-refractivity contribution >= 4 is 11.7 Å². The molecule has 0 saturated carbocycles. The summed E-state index contributed by atoms with van der Waals surface area (Å²) < 4.78 is 0. The van der Waals surface area contributed by atoms with Crippen LogP contribution in [0.15, 0.2) is 35.0 Å². The molecule has 0 spiro atoms. The smallest absolute Gasteiger partial charge is 0.162 e. The minimum atomic E-state index is 0.276. The van der Waals surface area contributed by atoms with Crippen LogP contribution < -0.4 is 10.6 Å². The van der Waals surface area contributed by atoms with E-state index in [4.69, 9.17) is 15.7 Å². The molecule has 2 N–H and O–H groups in total. The van der Waals surface area contributed by atoms with E-state index in [2.05, 4.69) is 60.7 Å². The molecule has 4 rings (SSSR count). The summed E-state index contributed by atoms with van der Waals surface area (Å²) in [6.07, 6.45) is 5.27. The number of amidine groups is 1. The SMILES string of the molecule is CN=C(C=C(C)N)N1CCc2nc(-c3c(C)cccc3C)nc(N3CCCC(C)(C)C3)c2C1. The molecule has 1 fully saturated rings. The third kappa shape index (κ3) is 4.90. The van der Waals surface area contributed by atoms with Crippen LogP contribution in [0.1, 0.15) is 56.0 Å². The molecule has 0 radical (unpaired) electrons. The first kappa shape index (κ1) is 23.3. The van der Waals surface area contributed by atoms with Crippen LogP contribution >= 0.6 is 0 Å². The van der Waals surface area contributed by atoms with Crippen molar-refractivity contribution in [2.24, 2.45) is 16.1 Å². The van der Waals surface area contributed by atoms with Crippen molar-refractivity contribution in [2.45, 2.75) is 60.4 Å². The number of rotatable bonds is 3. The highest BCUT2D eigenvalue weighted by Gasteiger charge is 2.32. The van der Waals surface area contributed by atoms with E-state index in [0.717, 1.165) is 61.3 Å². The third-order valence-corrected chi connectivity index (χ3v) is 6.85. The molecule has 2 aliphatic rings. The van der Waals surface area contributed by atoms with Gasteiger partial charge in [-0.15, -0.1) is 0 Å². The molecular weight excluding hydrogens is 408 g/mol. The van der Waals surface area contributed by atoms with Gasteiger partial charge in [-0.1, -0.05) is 32.0 Å². The number of nitrogens with zero attached hydrogens (tertiary/aromatic N) is 5. The van der Waals surface area contributed by atoms with E-state index in [1.807, 2.05) is 20.0 Å². The second-order valence-corrected chi connectivity index (χ2v) is 10.4. The van der Waals surface area contributed by atoms with E-state index in [0.29, 0.717) is 0 Å². The minimum absolute atomic E-state index is 0.276. The fourth-order valence-corrected chi connectivity index (χ4v) is 5.24. The summed E-state index contributed by atoms with van der Waals surface area (Å²) in [7, 11) is 1.83. The molecule has 0 unspecified atom stereocenters. The predicted molar refractivity (Wildman–Crippen MR) is 138 cm³/mol. The van der Waals surface area contributed by atoms with Crippen molar-refractivity contribution in [3.8, 4) is 11.4 Å². The number of hydrogen-bond acceptors (Lipinski definition) is 5. The molecule has 0 atom stereocenters. The number of piperidine rings is 1. The van der Waals surface area contributed by atoms with Gasteiger partial charge in [-0.25, -0.2) is 9.97 Å². The standard InChI is InChI=1S/C27H38N6/c1-18-9-7-10-19(2)24(18)25-30-22-11-14-32(23(29-6)15-20(3)28)16-21(22)26(31-25)33-13-8-12-27(4,5)17-33/h7,9-10,15H,8,11-14,16-17,28H2,1-6H3. The maximum atomic E-state index is 5.98. The number of hydrogen-bond donors (Lipinski definition) is 1. The molecule has 33 heavy (non-hydrogen) atoms. The highest BCUT2D eigenvalue weighted by molar-refractivity contribution is 5.93. The van der Waals surface area contributed by atoms with E-state index in [9.17, 15) is 0 Å². The van der Waals surface area contributed by atoms with Gasteiger partial charge >= 0.3 is 0 Å². The van der Waals surface area contributed by atoms with E-state index >= 15 is 0 Å². The molecule has 0 amide bonds. The fraction of sp³-hybridized carbons (Fsp3) is 0.519. The maximum Gasteiger partial charge on any atom is 0.162 e. The van der Waals surface area contributed by atoms with Gasteiger partial charge in [0.25, 0.3) is 0 Å². The second-order valence-electron chi connectivity index (χ2n) is 10.4. The van der Waals surface area contributed by atoms with Crippen molar-refractivity contribution in [1.29, 1.82) is 0 Å². The van der Waals surface area contributed by atoms with Crippen LogP contribution in [0.3, 0.4) is 0 Å². The van der Waals surface area contributed by atoms with Gasteiger partial charge in [-0.05, 0) is 56.2 Å². The summed E-state index contributed by atoms with van der Waals surface area (Å²) in [6.45, 7) is 14.6. The lowest BCUT2D eigenvalue weighted by atomic mass is 9.84. The van der Waals surface area contributed by atoms with Gasteiger partial charge in [0.05, 0.1) is 5.69 Å². The maximum absolute atomic E-state index is 5.98. The Kier molecular flexibility index (Phi) is 6.46. The molecule has 0 aliphatic carbocycles. The number of aliphatic imine (C=N–C) groups is 1. The van der Waals surface area contributed by atoms with E-state index in [1.165, 1.54) is 35.2 Å². The van der Waals surface area contributed by atoms with Crippen molar-refractivity contribution in [3.63, 3.8) is 0 Å². The van der Waals surface area contributed by atoms with Crippen molar-refractivity contribution in [1.82, 2.24) is 14.9 Å². The lowest BCUT2D eigenvalue weighted by Gasteiger charge is -2.41. The highest BCUT2D eigenvalue weighted by atomic mass is 15.2. The zero-order valence-corrected chi connectivity index (χ0v) is 21.1. The average molecular weight is 447 g/mol. The van der Waals surface area contributed by atoms with Gasteiger partial charge in [0.1, 0.15) is 11.7 Å².